The maximum atomic E-state index is 12.6. The first kappa shape index (κ1) is 10.9. The van der Waals surface area contributed by atoms with Gasteiger partial charge in [0, 0.05) is 25.2 Å². The van der Waals surface area contributed by atoms with Crippen molar-refractivity contribution in [1.82, 2.24) is 4.98 Å². The summed E-state index contributed by atoms with van der Waals surface area (Å²) < 4.78 is 12.6. The third kappa shape index (κ3) is 2.13. The maximum absolute atomic E-state index is 12.6. The van der Waals surface area contributed by atoms with Crippen LogP contribution in [0.3, 0.4) is 0 Å². The largest absolute Gasteiger partial charge is 0.369 e. The Morgan fingerprint density at radius 2 is 2.50 bits per heavy atom. The zero-order valence-corrected chi connectivity index (χ0v) is 9.06. The molecule has 0 N–H and O–H groups in total. The van der Waals surface area contributed by atoms with E-state index in [-0.39, 0.29) is 12.6 Å². The summed E-state index contributed by atoms with van der Waals surface area (Å²) in [7, 11) is 0. The lowest BCUT2D eigenvalue weighted by molar-refractivity contribution is 0.316. The number of hydrogen-bond acceptors (Lipinski definition) is 3. The van der Waals surface area contributed by atoms with Crippen molar-refractivity contribution in [2.24, 2.45) is 5.92 Å². The fraction of sp³-hybridized carbons (Fsp3) is 0.500. The first-order valence-corrected chi connectivity index (χ1v) is 5.50. The van der Waals surface area contributed by atoms with Crippen LogP contribution in [-0.4, -0.2) is 24.7 Å². The van der Waals surface area contributed by atoms with E-state index < -0.39 is 0 Å². The van der Waals surface area contributed by atoms with E-state index in [2.05, 4.69) is 16.0 Å². The Bertz CT molecular complexity index is 399. The summed E-state index contributed by atoms with van der Waals surface area (Å²) in [5.74, 6) is 0.0977. The van der Waals surface area contributed by atoms with Crippen molar-refractivity contribution >= 4 is 5.69 Å². The summed E-state index contributed by atoms with van der Waals surface area (Å²) in [6.07, 6.45) is 5.22. The highest BCUT2D eigenvalue weighted by Crippen LogP contribution is 2.25. The first-order valence-electron chi connectivity index (χ1n) is 5.50. The normalized spacial score (nSPS) is 20.5. The molecule has 1 aromatic rings. The molecule has 1 aliphatic rings. The molecule has 0 aliphatic carbocycles. The van der Waals surface area contributed by atoms with E-state index in [0.717, 1.165) is 25.1 Å². The summed E-state index contributed by atoms with van der Waals surface area (Å²) in [5.41, 5.74) is 1.46. The number of nitrogens with zero attached hydrogens (tertiary/aromatic N) is 3. The number of pyridine rings is 1. The highest BCUT2D eigenvalue weighted by molar-refractivity contribution is 5.57. The van der Waals surface area contributed by atoms with Gasteiger partial charge in [0.2, 0.25) is 0 Å². The van der Waals surface area contributed by atoms with E-state index in [9.17, 15) is 4.39 Å². The van der Waals surface area contributed by atoms with Crippen molar-refractivity contribution < 1.29 is 4.39 Å². The predicted octanol–water partition coefficient (Wildman–Crippen LogP) is 2.14. The average Bonchev–Trinajstić information content (AvgIpc) is 2.38. The van der Waals surface area contributed by atoms with Gasteiger partial charge in [-0.3, -0.25) is 9.37 Å². The molecule has 84 valence electrons. The smallest absolute Gasteiger partial charge is 0.101 e. The molecule has 1 saturated heterocycles. The lowest BCUT2D eigenvalue weighted by Crippen LogP contribution is -2.36. The molecule has 0 aromatic carbocycles. The molecule has 0 saturated carbocycles. The summed E-state index contributed by atoms with van der Waals surface area (Å²) in [4.78, 5) is 6.10. The van der Waals surface area contributed by atoms with Gasteiger partial charge in [0.15, 0.2) is 0 Å². The number of aromatic nitrogens is 1. The summed E-state index contributed by atoms with van der Waals surface area (Å²) in [6, 6.07) is 3.85. The van der Waals surface area contributed by atoms with Crippen LogP contribution in [0, 0.1) is 17.2 Å². The van der Waals surface area contributed by atoms with Gasteiger partial charge < -0.3 is 4.90 Å². The second-order valence-corrected chi connectivity index (χ2v) is 4.11. The number of nitriles is 1. The van der Waals surface area contributed by atoms with Gasteiger partial charge in [-0.15, -0.1) is 0 Å². The second-order valence-electron chi connectivity index (χ2n) is 4.11. The standard InChI is InChI=1S/C12H14FN3/c13-6-10-2-1-5-16(9-10)12-8-15-4-3-11(12)7-14/h3-4,8,10H,1-2,5-6,9H2. The minimum Gasteiger partial charge on any atom is -0.369 e. The van der Waals surface area contributed by atoms with Crippen molar-refractivity contribution in [2.45, 2.75) is 12.8 Å². The topological polar surface area (TPSA) is 39.9 Å². The Balaban J connectivity index is 2.20. The SMILES string of the molecule is N#Cc1ccncc1N1CCCC(CF)C1. The molecule has 1 fully saturated rings. The van der Waals surface area contributed by atoms with Crippen LogP contribution < -0.4 is 4.90 Å². The van der Waals surface area contributed by atoms with E-state index >= 15 is 0 Å². The fourth-order valence-corrected chi connectivity index (χ4v) is 2.14. The summed E-state index contributed by atoms with van der Waals surface area (Å²) in [6.45, 7) is 1.30. The van der Waals surface area contributed by atoms with E-state index in [4.69, 9.17) is 5.26 Å². The number of anilines is 1. The van der Waals surface area contributed by atoms with E-state index in [1.807, 2.05) is 0 Å². The molecule has 1 unspecified atom stereocenters. The van der Waals surface area contributed by atoms with E-state index in [1.165, 1.54) is 0 Å². The molecule has 1 aliphatic heterocycles. The molecule has 16 heavy (non-hydrogen) atoms. The monoisotopic (exact) mass is 219 g/mol. The molecule has 1 aromatic heterocycles. The van der Waals surface area contributed by atoms with Crippen molar-refractivity contribution in [2.75, 3.05) is 24.7 Å². The highest BCUT2D eigenvalue weighted by atomic mass is 19.1. The van der Waals surface area contributed by atoms with E-state index in [1.54, 1.807) is 18.5 Å². The van der Waals surface area contributed by atoms with Crippen molar-refractivity contribution in [3.05, 3.63) is 24.0 Å². The van der Waals surface area contributed by atoms with Gasteiger partial charge in [0.25, 0.3) is 0 Å². The molecular weight excluding hydrogens is 205 g/mol. The van der Waals surface area contributed by atoms with Gasteiger partial charge in [-0.1, -0.05) is 0 Å². The molecule has 0 spiro atoms. The Hall–Kier alpha value is -1.63. The predicted molar refractivity (Wildman–Crippen MR) is 59.9 cm³/mol. The maximum Gasteiger partial charge on any atom is 0.101 e. The van der Waals surface area contributed by atoms with Crippen LogP contribution in [0.2, 0.25) is 0 Å². The van der Waals surface area contributed by atoms with Gasteiger partial charge in [-0.05, 0) is 18.9 Å². The Labute approximate surface area is 94.5 Å². The van der Waals surface area contributed by atoms with Gasteiger partial charge in [-0.2, -0.15) is 5.26 Å². The van der Waals surface area contributed by atoms with Crippen molar-refractivity contribution in [3.63, 3.8) is 0 Å². The number of alkyl halides is 1. The second kappa shape index (κ2) is 4.93. The number of halogens is 1. The lowest BCUT2D eigenvalue weighted by atomic mass is 9.98. The molecule has 0 amide bonds. The molecule has 4 heteroatoms. The Morgan fingerprint density at radius 3 is 3.25 bits per heavy atom. The molecule has 2 heterocycles. The molecule has 1 atom stereocenters. The number of hydrogen-bond donors (Lipinski definition) is 0. The third-order valence-corrected chi connectivity index (χ3v) is 3.00. The van der Waals surface area contributed by atoms with Crippen molar-refractivity contribution in [3.8, 4) is 6.07 Å². The minimum atomic E-state index is -0.279. The van der Waals surface area contributed by atoms with Crippen LogP contribution >= 0.6 is 0 Å². The zero-order valence-electron chi connectivity index (χ0n) is 9.06. The molecule has 0 bridgehead atoms. The molecule has 2 rings (SSSR count). The molecular formula is C12H14FN3. The van der Waals surface area contributed by atoms with Crippen LogP contribution in [0.5, 0.6) is 0 Å². The van der Waals surface area contributed by atoms with Crippen LogP contribution in [0.4, 0.5) is 10.1 Å². The lowest BCUT2D eigenvalue weighted by Gasteiger charge is -2.33. The Morgan fingerprint density at radius 1 is 1.62 bits per heavy atom. The summed E-state index contributed by atoms with van der Waals surface area (Å²) in [5, 5.41) is 8.99. The molecule has 0 radical (unpaired) electrons. The quantitative estimate of drug-likeness (QED) is 0.765. The average molecular weight is 219 g/mol. The van der Waals surface area contributed by atoms with Gasteiger partial charge in [0.1, 0.15) is 6.07 Å². The number of rotatable bonds is 2. The first-order chi connectivity index (χ1) is 7.85. The molecule has 3 nitrogen and oxygen atoms in total. The van der Waals surface area contributed by atoms with Gasteiger partial charge in [-0.25, -0.2) is 0 Å². The minimum absolute atomic E-state index is 0.0977. The third-order valence-electron chi connectivity index (χ3n) is 3.00. The summed E-state index contributed by atoms with van der Waals surface area (Å²) >= 11 is 0. The van der Waals surface area contributed by atoms with E-state index in [0.29, 0.717) is 12.1 Å². The van der Waals surface area contributed by atoms with Gasteiger partial charge in [0.05, 0.1) is 24.1 Å². The van der Waals surface area contributed by atoms with Crippen LogP contribution in [0.25, 0.3) is 0 Å². The zero-order chi connectivity index (χ0) is 11.4. The van der Waals surface area contributed by atoms with Crippen LogP contribution in [0.15, 0.2) is 18.5 Å². The highest BCUT2D eigenvalue weighted by Gasteiger charge is 2.21. The van der Waals surface area contributed by atoms with Crippen LogP contribution in [0.1, 0.15) is 18.4 Å². The fourth-order valence-electron chi connectivity index (χ4n) is 2.14. The number of piperidine rings is 1. The Kier molecular flexibility index (Phi) is 3.35. The van der Waals surface area contributed by atoms with Gasteiger partial charge >= 0.3 is 0 Å². The van der Waals surface area contributed by atoms with Crippen LogP contribution in [-0.2, 0) is 0 Å². The van der Waals surface area contributed by atoms with Crippen molar-refractivity contribution in [1.29, 1.82) is 5.26 Å².